The van der Waals surface area contributed by atoms with Gasteiger partial charge in [0.25, 0.3) is 0 Å². The molecule has 0 aromatic heterocycles. The van der Waals surface area contributed by atoms with E-state index in [4.69, 9.17) is 4.74 Å². The molecule has 0 N–H and O–H groups in total. The number of thioether (sulfide) groups is 2. The molecular weight excluding hydrogens is 489 g/mol. The van der Waals surface area contributed by atoms with Crippen molar-refractivity contribution in [2.75, 3.05) is 11.6 Å². The van der Waals surface area contributed by atoms with Crippen LogP contribution in [0, 0.1) is 26.6 Å². The number of amides is 1. The zero-order chi connectivity index (χ0) is 25.7. The second-order valence-corrected chi connectivity index (χ2v) is 10.9. The number of hydrogen-bond donors (Lipinski definition) is 0. The fourth-order valence-electron chi connectivity index (χ4n) is 4.02. The van der Waals surface area contributed by atoms with Gasteiger partial charge in [0.05, 0.1) is 11.1 Å². The van der Waals surface area contributed by atoms with E-state index in [0.29, 0.717) is 11.6 Å². The van der Waals surface area contributed by atoms with Crippen LogP contribution in [0.4, 0.5) is 4.39 Å². The average molecular weight is 518 g/mol. The number of carbonyl (C=O) groups is 4. The molecular formula is C26H28FNO5S2. The lowest BCUT2D eigenvalue weighted by Crippen LogP contribution is -2.44. The number of nitrogens with zero attached hydrogens (tertiary/aromatic N) is 1. The SMILES string of the molecule is CC(=O)SC(CC(=O)N1CSCC1C(=O)OCc1c(C)cc(C)cc1C)C(=O)c1ccc(F)cc1. The van der Waals surface area contributed by atoms with Gasteiger partial charge < -0.3 is 9.64 Å². The number of esters is 1. The van der Waals surface area contributed by atoms with Gasteiger partial charge in [-0.2, -0.15) is 0 Å². The van der Waals surface area contributed by atoms with Crippen LogP contribution in [0.25, 0.3) is 0 Å². The van der Waals surface area contributed by atoms with Crippen molar-refractivity contribution in [3.63, 3.8) is 0 Å². The molecule has 3 rings (SSSR count). The molecule has 2 unspecified atom stereocenters. The van der Waals surface area contributed by atoms with Gasteiger partial charge in [-0.15, -0.1) is 11.8 Å². The molecule has 2 atom stereocenters. The van der Waals surface area contributed by atoms with Crippen molar-refractivity contribution in [3.8, 4) is 0 Å². The average Bonchev–Trinajstić information content (AvgIpc) is 3.28. The molecule has 35 heavy (non-hydrogen) atoms. The number of ketones is 1. The number of ether oxygens (including phenoxy) is 1. The molecule has 6 nitrogen and oxygen atoms in total. The summed E-state index contributed by atoms with van der Waals surface area (Å²) in [6, 6.07) is 8.27. The van der Waals surface area contributed by atoms with E-state index in [-0.39, 0.29) is 23.7 Å². The maximum absolute atomic E-state index is 13.2. The Bertz CT molecular complexity index is 1110. The smallest absolute Gasteiger partial charge is 0.330 e. The normalized spacial score (nSPS) is 16.1. The molecule has 1 fully saturated rings. The third kappa shape index (κ3) is 6.95. The molecule has 2 aromatic carbocycles. The number of halogens is 1. The highest BCUT2D eigenvalue weighted by Gasteiger charge is 2.38. The molecule has 0 bridgehead atoms. The van der Waals surface area contributed by atoms with Gasteiger partial charge in [0.15, 0.2) is 10.9 Å². The van der Waals surface area contributed by atoms with Crippen LogP contribution in [-0.4, -0.2) is 50.6 Å². The van der Waals surface area contributed by atoms with E-state index in [1.165, 1.54) is 35.7 Å². The summed E-state index contributed by atoms with van der Waals surface area (Å²) in [5.74, 6) is -1.14. The van der Waals surface area contributed by atoms with Crippen molar-refractivity contribution < 1.29 is 28.3 Å². The number of aryl methyl sites for hydroxylation is 3. The largest absolute Gasteiger partial charge is 0.459 e. The standard InChI is InChI=1S/C26H28FNO5S2/c1-15-9-16(2)21(17(3)10-15)12-33-26(32)22-13-34-14-28(22)24(30)11-23(35-18(4)29)25(31)19-5-7-20(27)8-6-19/h5-10,22-23H,11-14H2,1-4H3. The lowest BCUT2D eigenvalue weighted by Gasteiger charge is -2.24. The molecule has 1 heterocycles. The molecule has 0 radical (unpaired) electrons. The topological polar surface area (TPSA) is 80.8 Å². The van der Waals surface area contributed by atoms with Gasteiger partial charge in [0, 0.05) is 24.7 Å². The summed E-state index contributed by atoms with van der Waals surface area (Å²) in [6.07, 6.45) is -0.249. The molecule has 1 amide bonds. The van der Waals surface area contributed by atoms with E-state index < -0.39 is 34.8 Å². The Labute approximate surface area is 213 Å². The van der Waals surface area contributed by atoms with Gasteiger partial charge in [-0.1, -0.05) is 29.5 Å². The summed E-state index contributed by atoms with van der Waals surface area (Å²) in [5, 5.41) is -1.28. The van der Waals surface area contributed by atoms with E-state index in [1.807, 2.05) is 32.9 Å². The van der Waals surface area contributed by atoms with Crippen molar-refractivity contribution in [2.24, 2.45) is 0 Å². The van der Waals surface area contributed by atoms with Crippen molar-refractivity contribution in [1.82, 2.24) is 4.90 Å². The predicted molar refractivity (Wildman–Crippen MR) is 136 cm³/mol. The van der Waals surface area contributed by atoms with Crippen LogP contribution in [0.1, 0.15) is 46.0 Å². The van der Waals surface area contributed by atoms with Gasteiger partial charge in [0.1, 0.15) is 18.5 Å². The second-order valence-electron chi connectivity index (χ2n) is 8.54. The van der Waals surface area contributed by atoms with E-state index in [0.717, 1.165) is 46.1 Å². The molecule has 0 aliphatic carbocycles. The van der Waals surface area contributed by atoms with Gasteiger partial charge >= 0.3 is 5.97 Å². The fraction of sp³-hybridized carbons (Fsp3) is 0.385. The summed E-state index contributed by atoms with van der Waals surface area (Å²) >= 11 is 2.19. The third-order valence-electron chi connectivity index (χ3n) is 5.76. The lowest BCUT2D eigenvalue weighted by atomic mass is 10.0. The van der Waals surface area contributed by atoms with Crippen LogP contribution in [0.2, 0.25) is 0 Å². The Balaban J connectivity index is 1.68. The third-order valence-corrected chi connectivity index (χ3v) is 7.77. The van der Waals surface area contributed by atoms with Crippen LogP contribution < -0.4 is 0 Å². The van der Waals surface area contributed by atoms with Gasteiger partial charge in [-0.3, -0.25) is 14.4 Å². The van der Waals surface area contributed by atoms with Crippen molar-refractivity contribution in [3.05, 3.63) is 70.0 Å². The number of Topliss-reactive ketones (excluding diaryl/α,β-unsaturated/α-hetero) is 1. The van der Waals surface area contributed by atoms with Gasteiger partial charge in [-0.25, -0.2) is 9.18 Å². The van der Waals surface area contributed by atoms with E-state index in [1.54, 1.807) is 0 Å². The van der Waals surface area contributed by atoms with Crippen molar-refractivity contribution in [2.45, 2.75) is 52.0 Å². The maximum atomic E-state index is 13.2. The highest BCUT2D eigenvalue weighted by molar-refractivity contribution is 8.14. The van der Waals surface area contributed by atoms with Crippen LogP contribution in [0.3, 0.4) is 0 Å². The highest BCUT2D eigenvalue weighted by atomic mass is 32.2. The molecule has 186 valence electrons. The molecule has 1 aliphatic heterocycles. The maximum Gasteiger partial charge on any atom is 0.330 e. The summed E-state index contributed by atoms with van der Waals surface area (Å²) in [7, 11) is 0. The predicted octanol–water partition coefficient (Wildman–Crippen LogP) is 4.62. The van der Waals surface area contributed by atoms with Gasteiger partial charge in [0.2, 0.25) is 5.91 Å². The Morgan fingerprint density at radius 1 is 1.11 bits per heavy atom. The first-order valence-electron chi connectivity index (χ1n) is 11.1. The molecule has 1 aliphatic rings. The Kier molecular flexibility index (Phi) is 9.13. The molecule has 2 aromatic rings. The number of benzene rings is 2. The van der Waals surface area contributed by atoms with Crippen molar-refractivity contribution >= 4 is 46.3 Å². The lowest BCUT2D eigenvalue weighted by molar-refractivity contribution is -0.154. The van der Waals surface area contributed by atoms with Crippen LogP contribution in [-0.2, 0) is 25.7 Å². The number of carbonyl (C=O) groups excluding carboxylic acids is 4. The monoisotopic (exact) mass is 517 g/mol. The Morgan fingerprint density at radius 3 is 2.34 bits per heavy atom. The van der Waals surface area contributed by atoms with Crippen LogP contribution in [0.15, 0.2) is 36.4 Å². The van der Waals surface area contributed by atoms with Crippen molar-refractivity contribution in [1.29, 1.82) is 0 Å². The Morgan fingerprint density at radius 2 is 1.74 bits per heavy atom. The van der Waals surface area contributed by atoms with E-state index in [2.05, 4.69) is 0 Å². The molecule has 1 saturated heterocycles. The first-order chi connectivity index (χ1) is 16.6. The second kappa shape index (κ2) is 11.9. The minimum Gasteiger partial charge on any atom is -0.459 e. The highest BCUT2D eigenvalue weighted by Crippen LogP contribution is 2.27. The number of hydrogen-bond acceptors (Lipinski definition) is 7. The van der Waals surface area contributed by atoms with Crippen LogP contribution in [0.5, 0.6) is 0 Å². The quantitative estimate of drug-likeness (QED) is 0.373. The van der Waals surface area contributed by atoms with E-state index >= 15 is 0 Å². The number of rotatable bonds is 8. The van der Waals surface area contributed by atoms with Crippen LogP contribution >= 0.6 is 23.5 Å². The molecule has 0 spiro atoms. The van der Waals surface area contributed by atoms with Gasteiger partial charge in [-0.05, 0) is 61.7 Å². The fourth-order valence-corrected chi connectivity index (χ4v) is 6.06. The summed E-state index contributed by atoms with van der Waals surface area (Å²) in [6.45, 7) is 7.38. The summed E-state index contributed by atoms with van der Waals surface area (Å²) in [5.41, 5.74) is 4.36. The zero-order valence-electron chi connectivity index (χ0n) is 20.1. The first-order valence-corrected chi connectivity index (χ1v) is 13.2. The summed E-state index contributed by atoms with van der Waals surface area (Å²) < 4.78 is 18.8. The summed E-state index contributed by atoms with van der Waals surface area (Å²) in [4.78, 5) is 52.1. The first kappa shape index (κ1) is 26.9. The molecule has 0 saturated carbocycles. The zero-order valence-corrected chi connectivity index (χ0v) is 21.8. The molecule has 9 heteroatoms. The van der Waals surface area contributed by atoms with E-state index in [9.17, 15) is 23.6 Å². The minimum absolute atomic E-state index is 0.117. The Hall–Kier alpha value is -2.65. The minimum atomic E-state index is -0.967.